The molecule has 1 aromatic rings. The first-order valence-electron chi connectivity index (χ1n) is 7.48. The summed E-state index contributed by atoms with van der Waals surface area (Å²) < 4.78 is 5.01. The van der Waals surface area contributed by atoms with Crippen molar-refractivity contribution in [3.63, 3.8) is 0 Å². The monoisotopic (exact) mass is 308 g/mol. The maximum absolute atomic E-state index is 5.30. The fraction of sp³-hybridized carbons (Fsp3) is 0.588. The van der Waals surface area contributed by atoms with Crippen molar-refractivity contribution in [2.24, 2.45) is 0 Å². The molecule has 21 heavy (non-hydrogen) atoms. The summed E-state index contributed by atoms with van der Waals surface area (Å²) in [5, 5.41) is 7.20. The Morgan fingerprint density at radius 2 is 1.86 bits per heavy atom. The van der Waals surface area contributed by atoms with E-state index in [1.807, 2.05) is 0 Å². The highest BCUT2D eigenvalue weighted by Gasteiger charge is 2.14. The molecule has 4 heteroatoms. The van der Waals surface area contributed by atoms with E-state index in [1.165, 1.54) is 11.1 Å². The average molecular weight is 308 g/mol. The first-order valence-corrected chi connectivity index (χ1v) is 7.89. The minimum absolute atomic E-state index is 0.188. The van der Waals surface area contributed by atoms with E-state index in [0.717, 1.165) is 19.6 Å². The van der Waals surface area contributed by atoms with Gasteiger partial charge in [-0.15, -0.1) is 0 Å². The third-order valence-corrected chi connectivity index (χ3v) is 3.70. The smallest absolute Gasteiger partial charge is 0.166 e. The number of benzene rings is 1. The number of ether oxygens (including phenoxy) is 1. The van der Waals surface area contributed by atoms with Gasteiger partial charge in [0.2, 0.25) is 0 Å². The molecule has 0 saturated carbocycles. The van der Waals surface area contributed by atoms with Gasteiger partial charge in [0.05, 0.1) is 6.04 Å². The zero-order valence-corrected chi connectivity index (χ0v) is 14.6. The van der Waals surface area contributed by atoms with Crippen LogP contribution in [-0.4, -0.2) is 25.4 Å². The van der Waals surface area contributed by atoms with Crippen LogP contribution in [0.25, 0.3) is 0 Å². The van der Waals surface area contributed by atoms with E-state index in [4.69, 9.17) is 17.0 Å². The SMILES string of the molecule is COCCCNC(=S)NC(C)c1ccc(C(C)(C)C)cc1. The van der Waals surface area contributed by atoms with Gasteiger partial charge in [0.25, 0.3) is 0 Å². The second-order valence-electron chi connectivity index (χ2n) is 6.34. The van der Waals surface area contributed by atoms with Crippen LogP contribution in [-0.2, 0) is 10.2 Å². The topological polar surface area (TPSA) is 33.3 Å². The quantitative estimate of drug-likeness (QED) is 0.622. The summed E-state index contributed by atoms with van der Waals surface area (Å²) in [7, 11) is 1.71. The molecule has 0 fully saturated rings. The van der Waals surface area contributed by atoms with E-state index < -0.39 is 0 Å². The normalized spacial score (nSPS) is 12.8. The second-order valence-corrected chi connectivity index (χ2v) is 6.75. The molecule has 0 amide bonds. The van der Waals surface area contributed by atoms with Crippen LogP contribution in [0.3, 0.4) is 0 Å². The summed E-state index contributed by atoms with van der Waals surface area (Å²) in [6.45, 7) is 10.4. The summed E-state index contributed by atoms with van der Waals surface area (Å²) in [4.78, 5) is 0. The van der Waals surface area contributed by atoms with Gasteiger partial charge in [0, 0.05) is 20.3 Å². The number of hydrogen-bond donors (Lipinski definition) is 2. The van der Waals surface area contributed by atoms with Crippen LogP contribution >= 0.6 is 12.2 Å². The summed E-state index contributed by atoms with van der Waals surface area (Å²) in [5.41, 5.74) is 2.77. The molecule has 0 spiro atoms. The zero-order valence-electron chi connectivity index (χ0n) is 13.8. The first-order chi connectivity index (χ1) is 9.84. The van der Waals surface area contributed by atoms with Gasteiger partial charge in [0.1, 0.15) is 0 Å². The van der Waals surface area contributed by atoms with Gasteiger partial charge < -0.3 is 15.4 Å². The Hall–Kier alpha value is -1.13. The highest BCUT2D eigenvalue weighted by Crippen LogP contribution is 2.23. The molecule has 0 bridgehead atoms. The van der Waals surface area contributed by atoms with Crippen LogP contribution in [0.4, 0.5) is 0 Å². The zero-order chi connectivity index (χ0) is 15.9. The van der Waals surface area contributed by atoms with Crippen molar-refractivity contribution in [3.05, 3.63) is 35.4 Å². The Morgan fingerprint density at radius 3 is 2.38 bits per heavy atom. The van der Waals surface area contributed by atoms with Crippen LogP contribution in [0, 0.1) is 0 Å². The Morgan fingerprint density at radius 1 is 1.24 bits per heavy atom. The number of rotatable bonds is 6. The summed E-state index contributed by atoms with van der Waals surface area (Å²) in [6, 6.07) is 8.93. The minimum atomic E-state index is 0.188. The maximum Gasteiger partial charge on any atom is 0.166 e. The molecule has 1 unspecified atom stereocenters. The lowest BCUT2D eigenvalue weighted by Gasteiger charge is -2.21. The van der Waals surface area contributed by atoms with Crippen LogP contribution < -0.4 is 10.6 Å². The largest absolute Gasteiger partial charge is 0.385 e. The van der Waals surface area contributed by atoms with Crippen LogP contribution in [0.5, 0.6) is 0 Å². The molecule has 0 aliphatic carbocycles. The van der Waals surface area contributed by atoms with Gasteiger partial charge in [-0.05, 0) is 42.1 Å². The number of nitrogens with one attached hydrogen (secondary N) is 2. The van der Waals surface area contributed by atoms with E-state index in [2.05, 4.69) is 62.6 Å². The van der Waals surface area contributed by atoms with Crippen molar-refractivity contribution in [1.29, 1.82) is 0 Å². The van der Waals surface area contributed by atoms with Gasteiger partial charge in [-0.3, -0.25) is 0 Å². The summed E-state index contributed by atoms with van der Waals surface area (Å²) in [5.74, 6) is 0. The Bertz CT molecular complexity index is 437. The van der Waals surface area contributed by atoms with Crippen molar-refractivity contribution in [2.45, 2.75) is 45.6 Å². The van der Waals surface area contributed by atoms with Crippen LogP contribution in [0.15, 0.2) is 24.3 Å². The fourth-order valence-corrected chi connectivity index (χ4v) is 2.30. The predicted octanol–water partition coefficient (Wildman–Crippen LogP) is 3.55. The molecule has 2 N–H and O–H groups in total. The lowest BCUT2D eigenvalue weighted by molar-refractivity contribution is 0.195. The van der Waals surface area contributed by atoms with Gasteiger partial charge >= 0.3 is 0 Å². The second kappa shape index (κ2) is 8.35. The fourth-order valence-electron chi connectivity index (χ4n) is 2.02. The molecule has 0 radical (unpaired) electrons. The highest BCUT2D eigenvalue weighted by molar-refractivity contribution is 7.80. The Balaban J connectivity index is 2.48. The summed E-state index contributed by atoms with van der Waals surface area (Å²) >= 11 is 5.30. The third kappa shape index (κ3) is 6.44. The van der Waals surface area contributed by atoms with Crippen molar-refractivity contribution < 1.29 is 4.74 Å². The highest BCUT2D eigenvalue weighted by atomic mass is 32.1. The summed E-state index contributed by atoms with van der Waals surface area (Å²) in [6.07, 6.45) is 0.951. The maximum atomic E-state index is 5.30. The van der Waals surface area contributed by atoms with Gasteiger partial charge in [-0.2, -0.15) is 0 Å². The standard InChI is InChI=1S/C17H28N2OS/c1-13(19-16(21)18-11-6-12-20-5)14-7-9-15(10-8-14)17(2,3)4/h7-10,13H,6,11-12H2,1-5H3,(H2,18,19,21). The number of methoxy groups -OCH3 is 1. The molecule has 0 aliphatic rings. The van der Waals surface area contributed by atoms with Gasteiger partial charge in [0.15, 0.2) is 5.11 Å². The van der Waals surface area contributed by atoms with Crippen molar-refractivity contribution >= 4 is 17.3 Å². The molecular weight excluding hydrogens is 280 g/mol. The molecule has 0 aliphatic heterocycles. The van der Waals surface area contributed by atoms with Crippen molar-refractivity contribution in [2.75, 3.05) is 20.3 Å². The molecule has 1 aromatic carbocycles. The molecular formula is C17H28N2OS. The van der Waals surface area contributed by atoms with E-state index in [0.29, 0.717) is 5.11 Å². The third-order valence-electron chi connectivity index (χ3n) is 3.44. The minimum Gasteiger partial charge on any atom is -0.385 e. The van der Waals surface area contributed by atoms with Crippen molar-refractivity contribution in [3.8, 4) is 0 Å². The molecule has 118 valence electrons. The molecule has 0 saturated heterocycles. The van der Waals surface area contributed by atoms with E-state index in [9.17, 15) is 0 Å². The number of thiocarbonyl (C=S) groups is 1. The van der Waals surface area contributed by atoms with E-state index >= 15 is 0 Å². The van der Waals surface area contributed by atoms with Gasteiger partial charge in [-0.1, -0.05) is 45.0 Å². The van der Waals surface area contributed by atoms with Crippen LogP contribution in [0.1, 0.15) is 51.3 Å². The Labute approximate surface area is 134 Å². The predicted molar refractivity (Wildman–Crippen MR) is 93.8 cm³/mol. The van der Waals surface area contributed by atoms with Gasteiger partial charge in [-0.25, -0.2) is 0 Å². The molecule has 0 heterocycles. The van der Waals surface area contributed by atoms with E-state index in [1.54, 1.807) is 7.11 Å². The lowest BCUT2D eigenvalue weighted by atomic mass is 9.86. The molecule has 1 atom stereocenters. The lowest BCUT2D eigenvalue weighted by Crippen LogP contribution is -2.37. The molecule has 1 rings (SSSR count). The molecule has 0 aromatic heterocycles. The molecule has 3 nitrogen and oxygen atoms in total. The van der Waals surface area contributed by atoms with E-state index in [-0.39, 0.29) is 11.5 Å². The van der Waals surface area contributed by atoms with Crippen LogP contribution in [0.2, 0.25) is 0 Å². The Kier molecular flexibility index (Phi) is 7.12. The van der Waals surface area contributed by atoms with Crippen molar-refractivity contribution in [1.82, 2.24) is 10.6 Å². The average Bonchev–Trinajstić information content (AvgIpc) is 2.43. The number of hydrogen-bond acceptors (Lipinski definition) is 2. The first kappa shape index (κ1) is 17.9.